The average Bonchev–Trinajstić information content (AvgIpc) is 1.69. The van der Waals surface area contributed by atoms with Crippen LogP contribution in [-0.2, 0) is 5.41 Å². The third-order valence-corrected chi connectivity index (χ3v) is 18.8. The highest BCUT2D eigenvalue weighted by molar-refractivity contribution is 6.13. The van der Waals surface area contributed by atoms with E-state index in [0.717, 1.165) is 50.3 Å². The third-order valence-electron chi connectivity index (χ3n) is 18.8. The second-order valence-electron chi connectivity index (χ2n) is 24.1. The van der Waals surface area contributed by atoms with Gasteiger partial charge >= 0.3 is 0 Å². The lowest BCUT2D eigenvalue weighted by Gasteiger charge is -2.43. The fraction of sp³-hybridized carbons (Fsp3) is 0.113. The Morgan fingerprint density at radius 1 is 0.447 bits per heavy atom. The molecular weight excluding hydrogens is 1030 g/mol. The van der Waals surface area contributed by atoms with Crippen LogP contribution < -0.4 is 14.5 Å². The number of pyridine rings is 1. The molecule has 7 aliphatic rings. The average molecular weight is 1100 g/mol. The molecule has 0 N–H and O–H groups in total. The fourth-order valence-electron chi connectivity index (χ4n) is 15.3. The van der Waals surface area contributed by atoms with Crippen molar-refractivity contribution in [2.24, 2.45) is 0 Å². The molecular formula is C80H58N4O. The molecule has 3 heterocycles. The lowest BCUT2D eigenvalue weighted by Crippen LogP contribution is -2.29. The van der Waals surface area contributed by atoms with Crippen LogP contribution in [0.2, 0.25) is 0 Å². The van der Waals surface area contributed by atoms with E-state index in [1.54, 1.807) is 18.2 Å². The monoisotopic (exact) mass is 1100 g/mol. The van der Waals surface area contributed by atoms with Gasteiger partial charge in [0.1, 0.15) is 24.0 Å². The van der Waals surface area contributed by atoms with Crippen molar-refractivity contribution in [3.63, 3.8) is 0 Å². The summed E-state index contributed by atoms with van der Waals surface area (Å²) in [5, 5.41) is 2.28. The van der Waals surface area contributed by atoms with Gasteiger partial charge in [-0.3, -0.25) is 4.57 Å². The van der Waals surface area contributed by atoms with Gasteiger partial charge in [0.05, 0.1) is 41.8 Å². The number of aromatic nitrogens is 2. The van der Waals surface area contributed by atoms with Crippen molar-refractivity contribution in [1.82, 2.24) is 9.55 Å². The van der Waals surface area contributed by atoms with Gasteiger partial charge < -0.3 is 14.5 Å². The van der Waals surface area contributed by atoms with E-state index in [1.165, 1.54) is 61.0 Å². The predicted molar refractivity (Wildman–Crippen MR) is 346 cm³/mol. The van der Waals surface area contributed by atoms with Gasteiger partial charge in [-0.05, 0) is 137 Å². The van der Waals surface area contributed by atoms with E-state index in [9.17, 15) is 5.48 Å². The number of ether oxygens (including phenoxy) is 1. The first-order chi connectivity index (χ1) is 46.0. The molecule has 0 atom stereocenters. The lowest BCUT2D eigenvalue weighted by molar-refractivity contribution is 0.483. The zero-order chi connectivity index (χ0) is 64.9. The van der Waals surface area contributed by atoms with Crippen molar-refractivity contribution >= 4 is 44.6 Å². The number of para-hydroxylation sites is 1. The molecule has 11 aromatic carbocycles. The molecule has 1 aliphatic heterocycles. The van der Waals surface area contributed by atoms with Gasteiger partial charge in [-0.25, -0.2) is 4.98 Å². The molecule has 5 heteroatoms. The molecule has 0 fully saturated rings. The Morgan fingerprint density at radius 3 is 1.56 bits per heavy atom. The number of hydrogen-bond donors (Lipinski definition) is 0. The molecule has 0 saturated carbocycles. The summed E-state index contributed by atoms with van der Waals surface area (Å²) in [6.07, 6.45) is 1.91. The SMILES string of the molecule is [2H]c1c([2H])c([2H])c(-c2cccc(-c3c([2H])c([2H])c([2H])c([2H])c3[2H])c2N2CN(c3cccc(Oc4ccc5c6c7c(ccc6n(-c6cc(C(C)(C)C)ccn6)c5c4)C4c5ccccc5C7c5ccccc54)c3)c3c2ccc2c3C3c4ccccc4C2c2ccccc23)c([2H])c1[2H]. The van der Waals surface area contributed by atoms with Crippen molar-refractivity contribution in [3.8, 4) is 39.6 Å². The number of nitrogens with zero attached hydrogens (tertiary/aromatic N) is 4. The summed E-state index contributed by atoms with van der Waals surface area (Å²) in [5.74, 6) is 1.75. The van der Waals surface area contributed by atoms with Gasteiger partial charge in [-0.2, -0.15) is 0 Å². The molecule has 4 bridgehead atoms. The summed E-state index contributed by atoms with van der Waals surface area (Å²) >= 11 is 0. The van der Waals surface area contributed by atoms with Crippen LogP contribution in [0.1, 0.15) is 130 Å². The Bertz CT molecular complexity index is 5340. The summed E-state index contributed by atoms with van der Waals surface area (Å²) in [7, 11) is 0. The Balaban J connectivity index is 0.836. The van der Waals surface area contributed by atoms with Crippen molar-refractivity contribution in [3.05, 3.63) is 333 Å². The van der Waals surface area contributed by atoms with Crippen molar-refractivity contribution in [2.75, 3.05) is 16.5 Å². The lowest BCUT2D eigenvalue weighted by atomic mass is 9.60. The standard InChI is InChI=1S/C80H58N4O/c1-80(2,3)50-42-43-81-70(44-50)84-67-40-38-65-71-56-26-10-14-30-60(56)73(61-31-15-11-27-57(61)71)76(65)75(67)64-37-36-53(46-69(64)84)85-52-25-18-24-51(45-52)82-47-83(78-54(48-20-6-4-7-21-48)34-19-35-55(78)49-22-8-5-9-23-49)68-41-39-66-72-58-28-12-16-32-62(58)74(77(66)79(68)82)63-33-17-13-29-59(63)72/h4-46,71-74H,47H2,1-3H3/i4D,5D,6D,7D,8D,9D,20D,21D,22D,23D. The van der Waals surface area contributed by atoms with Crippen LogP contribution in [0.5, 0.6) is 11.5 Å². The number of benzene rings is 11. The Morgan fingerprint density at radius 2 is 0.976 bits per heavy atom. The van der Waals surface area contributed by atoms with E-state index in [-0.39, 0.29) is 58.0 Å². The predicted octanol–water partition coefficient (Wildman–Crippen LogP) is 19.8. The van der Waals surface area contributed by atoms with Gasteiger partial charge in [0.25, 0.3) is 0 Å². The fourth-order valence-corrected chi connectivity index (χ4v) is 15.3. The number of fused-ring (bicyclic) bond motifs is 4. The molecule has 0 unspecified atom stereocenters. The zero-order valence-electron chi connectivity index (χ0n) is 56.8. The van der Waals surface area contributed by atoms with E-state index in [4.69, 9.17) is 17.9 Å². The van der Waals surface area contributed by atoms with E-state index in [1.807, 2.05) is 35.4 Å². The molecule has 5 nitrogen and oxygen atoms in total. The Hall–Kier alpha value is -10.2. The van der Waals surface area contributed by atoms with Crippen LogP contribution in [0.15, 0.2) is 261 Å². The first kappa shape index (κ1) is 39.3. The first-order valence-electron chi connectivity index (χ1n) is 34.2. The molecule has 0 spiro atoms. The molecule has 20 rings (SSSR count). The van der Waals surface area contributed by atoms with Crippen molar-refractivity contribution in [1.29, 1.82) is 0 Å². The molecule has 0 amide bonds. The first-order valence-corrected chi connectivity index (χ1v) is 29.2. The second kappa shape index (κ2) is 18.1. The van der Waals surface area contributed by atoms with Crippen LogP contribution >= 0.6 is 0 Å². The maximum Gasteiger partial charge on any atom is 0.137 e. The highest BCUT2D eigenvalue weighted by Crippen LogP contribution is 2.63. The summed E-state index contributed by atoms with van der Waals surface area (Å²) in [4.78, 5) is 9.38. The van der Waals surface area contributed by atoms with Crippen molar-refractivity contribution < 1.29 is 18.4 Å². The maximum absolute atomic E-state index is 9.43. The number of hydrogen-bond acceptors (Lipinski definition) is 4. The van der Waals surface area contributed by atoms with Gasteiger partial charge in [0, 0.05) is 69.6 Å². The van der Waals surface area contributed by atoms with Crippen LogP contribution in [-0.4, -0.2) is 16.2 Å². The molecule has 0 radical (unpaired) electrons. The second-order valence-corrected chi connectivity index (χ2v) is 24.1. The van der Waals surface area contributed by atoms with Gasteiger partial charge in [-0.1, -0.05) is 215 Å². The normalized spacial score (nSPS) is 18.9. The van der Waals surface area contributed by atoms with Gasteiger partial charge in [-0.15, -0.1) is 0 Å². The van der Waals surface area contributed by atoms with E-state index in [0.29, 0.717) is 22.9 Å². The molecule has 2 aromatic heterocycles. The Kier molecular flexibility index (Phi) is 8.38. The minimum absolute atomic E-state index is 0.0233. The molecule has 0 saturated heterocycles. The summed E-state index contributed by atoms with van der Waals surface area (Å²) in [6.45, 7) is 6.74. The number of anilines is 4. The minimum Gasteiger partial charge on any atom is -0.457 e. The maximum atomic E-state index is 9.43. The topological polar surface area (TPSA) is 33.5 Å². The quantitative estimate of drug-likeness (QED) is 0.159. The van der Waals surface area contributed by atoms with Crippen LogP contribution in [0.3, 0.4) is 0 Å². The molecule has 6 aliphatic carbocycles. The third kappa shape index (κ3) is 7.01. The zero-order valence-corrected chi connectivity index (χ0v) is 46.8. The summed E-state index contributed by atoms with van der Waals surface area (Å²) in [6, 6.07) is 62.7. The van der Waals surface area contributed by atoms with E-state index >= 15 is 0 Å². The molecule has 13 aromatic rings. The van der Waals surface area contributed by atoms with E-state index < -0.39 is 60.4 Å². The smallest absolute Gasteiger partial charge is 0.137 e. The molecule has 404 valence electrons. The summed E-state index contributed by atoms with van der Waals surface area (Å²) < 4.78 is 100. The van der Waals surface area contributed by atoms with Crippen LogP contribution in [0, 0.1) is 0 Å². The largest absolute Gasteiger partial charge is 0.457 e. The summed E-state index contributed by atoms with van der Waals surface area (Å²) in [5.41, 5.74) is 21.0. The van der Waals surface area contributed by atoms with Crippen molar-refractivity contribution in [2.45, 2.75) is 49.9 Å². The minimum atomic E-state index is -0.553. The highest BCUT2D eigenvalue weighted by atomic mass is 16.5. The van der Waals surface area contributed by atoms with Crippen LogP contribution in [0.25, 0.3) is 49.9 Å². The Labute approximate surface area is 509 Å². The highest BCUT2D eigenvalue weighted by Gasteiger charge is 2.47. The van der Waals surface area contributed by atoms with Gasteiger partial charge in [0.15, 0.2) is 0 Å². The van der Waals surface area contributed by atoms with E-state index in [2.05, 4.69) is 182 Å². The molecule has 85 heavy (non-hydrogen) atoms. The van der Waals surface area contributed by atoms with Crippen LogP contribution in [0.4, 0.5) is 22.7 Å². The number of rotatable bonds is 7. The van der Waals surface area contributed by atoms with Gasteiger partial charge in [0.2, 0.25) is 0 Å².